The molecule has 0 spiro atoms. The van der Waals surface area contributed by atoms with Crippen LogP contribution in [-0.2, 0) is 14.3 Å². The monoisotopic (exact) mass is 435 g/mol. The molecular formula is C24H18ClNO5. The summed E-state index contributed by atoms with van der Waals surface area (Å²) in [6.45, 7) is -0.462. The summed E-state index contributed by atoms with van der Waals surface area (Å²) >= 11 is 5.82. The third-order valence-corrected chi connectivity index (χ3v) is 6.59. The van der Waals surface area contributed by atoms with Gasteiger partial charge >= 0.3 is 5.97 Å². The molecule has 31 heavy (non-hydrogen) atoms. The number of halogens is 1. The molecule has 3 aliphatic rings. The minimum absolute atomic E-state index is 0.0764. The largest absolute Gasteiger partial charge is 0.454 e. The van der Waals surface area contributed by atoms with Crippen LogP contribution in [0, 0.1) is 23.7 Å². The zero-order chi connectivity index (χ0) is 21.7. The van der Waals surface area contributed by atoms with E-state index in [0.717, 1.165) is 11.3 Å². The van der Waals surface area contributed by atoms with Gasteiger partial charge in [0.25, 0.3) is 0 Å². The number of ether oxygens (including phenoxy) is 1. The van der Waals surface area contributed by atoms with Crippen molar-refractivity contribution in [3.8, 4) is 0 Å². The van der Waals surface area contributed by atoms with Crippen molar-refractivity contribution in [2.75, 3.05) is 11.5 Å². The first kappa shape index (κ1) is 19.7. The van der Waals surface area contributed by atoms with Crippen LogP contribution in [0.2, 0.25) is 5.02 Å². The molecule has 2 amide bonds. The summed E-state index contributed by atoms with van der Waals surface area (Å²) in [5.41, 5.74) is 0.648. The predicted molar refractivity (Wildman–Crippen MR) is 113 cm³/mol. The zero-order valence-electron chi connectivity index (χ0n) is 16.4. The number of carbonyl (C=O) groups is 4. The minimum atomic E-state index is -0.767. The Balaban J connectivity index is 1.35. The van der Waals surface area contributed by atoms with Crippen molar-refractivity contribution in [3.05, 3.63) is 76.8 Å². The summed E-state index contributed by atoms with van der Waals surface area (Å²) < 4.78 is 5.21. The number of imide groups is 1. The number of allylic oxidation sites excluding steroid dienone is 2. The molecule has 0 radical (unpaired) electrons. The van der Waals surface area contributed by atoms with E-state index in [4.69, 9.17) is 16.3 Å². The first-order valence-corrected chi connectivity index (χ1v) is 10.4. The Morgan fingerprint density at radius 2 is 1.55 bits per heavy atom. The normalized spacial score (nSPS) is 25.8. The van der Waals surface area contributed by atoms with Gasteiger partial charge in [0.2, 0.25) is 11.8 Å². The van der Waals surface area contributed by atoms with E-state index >= 15 is 0 Å². The smallest absolute Gasteiger partial charge is 0.340 e. The van der Waals surface area contributed by atoms with Crippen LogP contribution >= 0.6 is 11.6 Å². The summed E-state index contributed by atoms with van der Waals surface area (Å²) in [4.78, 5) is 52.4. The van der Waals surface area contributed by atoms with E-state index in [9.17, 15) is 19.2 Å². The average Bonchev–Trinajstić information content (AvgIpc) is 3.46. The van der Waals surface area contributed by atoms with Crippen molar-refractivity contribution >= 4 is 40.9 Å². The van der Waals surface area contributed by atoms with E-state index in [-0.39, 0.29) is 52.5 Å². The lowest BCUT2D eigenvalue weighted by Gasteiger charge is -2.19. The highest BCUT2D eigenvalue weighted by molar-refractivity contribution is 6.30. The third-order valence-electron chi connectivity index (χ3n) is 6.34. The lowest BCUT2D eigenvalue weighted by atomic mass is 9.85. The van der Waals surface area contributed by atoms with Crippen LogP contribution in [0.4, 0.5) is 5.69 Å². The molecule has 4 atom stereocenters. The fourth-order valence-corrected chi connectivity index (χ4v) is 5.03. The van der Waals surface area contributed by atoms with E-state index in [1.54, 1.807) is 42.5 Å². The molecular weight excluding hydrogens is 418 g/mol. The summed E-state index contributed by atoms with van der Waals surface area (Å²) in [7, 11) is 0. The Morgan fingerprint density at radius 1 is 0.935 bits per heavy atom. The van der Waals surface area contributed by atoms with Crippen LogP contribution in [0.15, 0.2) is 60.7 Å². The summed E-state index contributed by atoms with van der Waals surface area (Å²) in [6, 6.07) is 12.6. The number of anilines is 1. The van der Waals surface area contributed by atoms with E-state index in [1.165, 1.54) is 6.07 Å². The molecule has 1 saturated heterocycles. The molecule has 0 N–H and O–H groups in total. The number of ketones is 1. The lowest BCUT2D eigenvalue weighted by molar-refractivity contribution is -0.123. The maximum Gasteiger partial charge on any atom is 0.340 e. The zero-order valence-corrected chi connectivity index (χ0v) is 17.1. The molecule has 6 nitrogen and oxygen atoms in total. The molecule has 2 bridgehead atoms. The molecule has 2 aliphatic carbocycles. The number of fused-ring (bicyclic) bond motifs is 5. The average molecular weight is 436 g/mol. The number of esters is 1. The summed E-state index contributed by atoms with van der Waals surface area (Å²) in [5, 5.41) is 0.496. The standard InChI is InChI=1S/C24H18ClNO5/c25-16-9-7-13(8-10-16)19(27)12-31-24(30)17-3-1-2-4-18(17)26-22(28)20-14-5-6-15(11-14)21(20)23(26)29/h1-10,14-15,20-21H,11-12H2/t14-,15+,20-,21-/m0/s1. The van der Waals surface area contributed by atoms with Crippen LogP contribution in [0.25, 0.3) is 0 Å². The Labute approximate surface area is 183 Å². The van der Waals surface area contributed by atoms with Crippen molar-refractivity contribution in [2.24, 2.45) is 23.7 Å². The fourth-order valence-electron chi connectivity index (χ4n) is 4.91. The Kier molecular flexibility index (Phi) is 4.74. The van der Waals surface area contributed by atoms with Crippen LogP contribution in [-0.4, -0.2) is 30.2 Å². The van der Waals surface area contributed by atoms with Gasteiger partial charge < -0.3 is 4.74 Å². The van der Waals surface area contributed by atoms with Crippen molar-refractivity contribution in [3.63, 3.8) is 0 Å². The summed E-state index contributed by atoms with van der Waals surface area (Å²) in [5.74, 6) is -2.27. The SMILES string of the molecule is O=C(COC(=O)c1ccccc1N1C(=O)[C@@H]2[C@@H](C1=O)[C@H]1C=C[C@@H]2C1)c1ccc(Cl)cc1. The molecule has 1 aliphatic heterocycles. The number of Topliss-reactive ketones (excluding diaryl/α,β-unsaturated/α-hetero) is 1. The number of nitrogens with zero attached hydrogens (tertiary/aromatic N) is 1. The lowest BCUT2D eigenvalue weighted by Crippen LogP contribution is -2.34. The fraction of sp³-hybridized carbons (Fsp3) is 0.250. The quantitative estimate of drug-likeness (QED) is 0.309. The van der Waals surface area contributed by atoms with Gasteiger partial charge in [-0.25, -0.2) is 9.69 Å². The van der Waals surface area contributed by atoms with Crippen molar-refractivity contribution in [2.45, 2.75) is 6.42 Å². The van der Waals surface area contributed by atoms with Crippen LogP contribution < -0.4 is 4.90 Å². The topological polar surface area (TPSA) is 80.8 Å². The van der Waals surface area contributed by atoms with Crippen LogP contribution in [0.3, 0.4) is 0 Å². The summed E-state index contributed by atoms with van der Waals surface area (Å²) in [6.07, 6.45) is 4.86. The van der Waals surface area contributed by atoms with E-state index in [1.807, 2.05) is 12.2 Å². The van der Waals surface area contributed by atoms with Gasteiger partial charge in [-0.15, -0.1) is 0 Å². The van der Waals surface area contributed by atoms with Crippen LogP contribution in [0.1, 0.15) is 27.1 Å². The van der Waals surface area contributed by atoms with E-state index < -0.39 is 12.6 Å². The highest BCUT2D eigenvalue weighted by Gasteiger charge is 2.59. The van der Waals surface area contributed by atoms with E-state index in [2.05, 4.69) is 0 Å². The maximum atomic E-state index is 13.1. The number of hydrogen-bond acceptors (Lipinski definition) is 5. The van der Waals surface area contributed by atoms with Gasteiger partial charge in [0.05, 0.1) is 23.1 Å². The minimum Gasteiger partial charge on any atom is -0.454 e. The molecule has 2 fully saturated rings. The second kappa shape index (κ2) is 7.46. The Morgan fingerprint density at radius 3 is 2.19 bits per heavy atom. The highest BCUT2D eigenvalue weighted by Crippen LogP contribution is 2.53. The molecule has 2 aromatic carbocycles. The molecule has 156 valence electrons. The number of hydrogen-bond donors (Lipinski definition) is 0. The maximum absolute atomic E-state index is 13.1. The molecule has 1 heterocycles. The van der Waals surface area contributed by atoms with Gasteiger partial charge in [-0.05, 0) is 54.7 Å². The van der Waals surface area contributed by atoms with Gasteiger partial charge in [0, 0.05) is 10.6 Å². The van der Waals surface area contributed by atoms with Crippen molar-refractivity contribution in [1.82, 2.24) is 0 Å². The number of rotatable bonds is 5. The first-order valence-electron chi connectivity index (χ1n) is 10.1. The molecule has 0 aromatic heterocycles. The van der Waals surface area contributed by atoms with E-state index in [0.29, 0.717) is 10.6 Å². The van der Waals surface area contributed by atoms with Gasteiger partial charge in [-0.2, -0.15) is 0 Å². The van der Waals surface area contributed by atoms with Gasteiger partial charge in [-0.3, -0.25) is 14.4 Å². The Bertz CT molecular complexity index is 1110. The first-order chi connectivity index (χ1) is 15.0. The van der Waals surface area contributed by atoms with Gasteiger partial charge in [-0.1, -0.05) is 35.9 Å². The molecule has 2 aromatic rings. The highest BCUT2D eigenvalue weighted by atomic mass is 35.5. The molecule has 0 unspecified atom stereocenters. The molecule has 5 rings (SSSR count). The molecule has 7 heteroatoms. The second-order valence-electron chi connectivity index (χ2n) is 8.04. The molecule has 1 saturated carbocycles. The number of amides is 2. The van der Waals surface area contributed by atoms with Crippen molar-refractivity contribution in [1.29, 1.82) is 0 Å². The predicted octanol–water partition coefficient (Wildman–Crippen LogP) is 3.69. The second-order valence-corrected chi connectivity index (χ2v) is 8.47. The van der Waals surface area contributed by atoms with Crippen molar-refractivity contribution < 1.29 is 23.9 Å². The number of carbonyl (C=O) groups excluding carboxylic acids is 4. The number of para-hydroxylation sites is 1. The third kappa shape index (κ3) is 3.18. The van der Waals surface area contributed by atoms with Crippen LogP contribution in [0.5, 0.6) is 0 Å². The van der Waals surface area contributed by atoms with Gasteiger partial charge in [0.1, 0.15) is 0 Å². The Hall–Kier alpha value is -3.25. The van der Waals surface area contributed by atoms with Gasteiger partial charge in [0.15, 0.2) is 12.4 Å². The number of benzene rings is 2.